The van der Waals surface area contributed by atoms with Crippen molar-refractivity contribution in [3.05, 3.63) is 12.2 Å². The van der Waals surface area contributed by atoms with Gasteiger partial charge < -0.3 is 9.47 Å². The lowest BCUT2D eigenvalue weighted by Crippen LogP contribution is -2.54. The van der Waals surface area contributed by atoms with Gasteiger partial charge in [-0.1, -0.05) is 12.2 Å². The normalized spacial score (nSPS) is 53.9. The molecule has 0 amide bonds. The Morgan fingerprint density at radius 1 is 1.35 bits per heavy atom. The van der Waals surface area contributed by atoms with Gasteiger partial charge in [0.2, 0.25) is 0 Å². The average Bonchev–Trinajstić information content (AvgIpc) is 2.78. The van der Waals surface area contributed by atoms with Crippen LogP contribution in [0.25, 0.3) is 0 Å². The van der Waals surface area contributed by atoms with E-state index < -0.39 is 5.79 Å². The van der Waals surface area contributed by atoms with E-state index in [0.29, 0.717) is 18.1 Å². The minimum absolute atomic E-state index is 0.0513. The Kier molecular flexibility index (Phi) is 1.71. The molecule has 5 aliphatic rings. The fraction of sp³-hybridized carbons (Fsp3) is 0.786. The maximum absolute atomic E-state index is 12.0. The zero-order chi connectivity index (χ0) is 11.8. The number of carbonyl (C=O) groups excluding carboxylic acids is 1. The molecule has 0 radical (unpaired) electrons. The third-order valence-corrected chi connectivity index (χ3v) is 5.08. The summed E-state index contributed by atoms with van der Waals surface area (Å²) in [6.07, 6.45) is 7.42. The molecule has 0 aromatic carbocycles. The molecule has 4 aliphatic carbocycles. The molecule has 17 heavy (non-hydrogen) atoms. The van der Waals surface area contributed by atoms with Gasteiger partial charge in [0.1, 0.15) is 5.78 Å². The third-order valence-electron chi connectivity index (χ3n) is 5.08. The quantitative estimate of drug-likeness (QED) is 0.602. The maximum atomic E-state index is 12.0. The lowest BCUT2D eigenvalue weighted by molar-refractivity contribution is -0.154. The topological polar surface area (TPSA) is 35.5 Å². The summed E-state index contributed by atoms with van der Waals surface area (Å²) in [6.45, 7) is 3.96. The first-order chi connectivity index (χ1) is 8.02. The zero-order valence-corrected chi connectivity index (χ0v) is 10.3. The largest absolute Gasteiger partial charge is 0.344 e. The highest BCUT2D eigenvalue weighted by Gasteiger charge is 2.65. The first-order valence-electron chi connectivity index (χ1n) is 6.60. The SMILES string of the molecule is CC1(C)O[C@H]2[C@H]3C=C[C@@]4(CCC(=O)[C@@H]4C3)[C@H]2O1. The molecule has 5 rings (SSSR count). The average molecular weight is 234 g/mol. The van der Waals surface area contributed by atoms with Crippen molar-refractivity contribution in [2.24, 2.45) is 17.3 Å². The summed E-state index contributed by atoms with van der Waals surface area (Å²) >= 11 is 0. The van der Waals surface area contributed by atoms with Gasteiger partial charge in [0.05, 0.1) is 12.2 Å². The molecule has 0 N–H and O–H groups in total. The first-order valence-corrected chi connectivity index (χ1v) is 6.60. The van der Waals surface area contributed by atoms with Crippen LogP contribution < -0.4 is 0 Å². The Bertz CT molecular complexity index is 425. The molecule has 3 nitrogen and oxygen atoms in total. The van der Waals surface area contributed by atoms with Crippen molar-refractivity contribution in [1.82, 2.24) is 0 Å². The van der Waals surface area contributed by atoms with E-state index in [4.69, 9.17) is 9.47 Å². The van der Waals surface area contributed by atoms with Gasteiger partial charge in [-0.25, -0.2) is 0 Å². The van der Waals surface area contributed by atoms with E-state index in [2.05, 4.69) is 12.2 Å². The monoisotopic (exact) mass is 234 g/mol. The molecule has 5 atom stereocenters. The molecular weight excluding hydrogens is 216 g/mol. The van der Waals surface area contributed by atoms with Crippen molar-refractivity contribution >= 4 is 5.78 Å². The Labute approximate surface area is 101 Å². The molecule has 2 bridgehead atoms. The lowest BCUT2D eigenvalue weighted by atomic mass is 9.57. The maximum Gasteiger partial charge on any atom is 0.163 e. The molecule has 92 valence electrons. The molecule has 2 saturated carbocycles. The third kappa shape index (κ3) is 1.12. The van der Waals surface area contributed by atoms with E-state index in [9.17, 15) is 4.79 Å². The summed E-state index contributed by atoms with van der Waals surface area (Å²) in [6, 6.07) is 0. The predicted octanol–water partition coefficient (Wildman–Crippen LogP) is 2.06. The van der Waals surface area contributed by atoms with E-state index in [-0.39, 0.29) is 23.5 Å². The van der Waals surface area contributed by atoms with Gasteiger partial charge in [0.15, 0.2) is 5.79 Å². The van der Waals surface area contributed by atoms with Crippen LogP contribution in [-0.4, -0.2) is 23.8 Å². The number of ketones is 1. The zero-order valence-electron chi connectivity index (χ0n) is 10.3. The Balaban J connectivity index is 1.81. The van der Waals surface area contributed by atoms with E-state index in [0.717, 1.165) is 12.8 Å². The number of ether oxygens (including phenoxy) is 2. The Morgan fingerprint density at radius 3 is 3.00 bits per heavy atom. The van der Waals surface area contributed by atoms with Gasteiger partial charge in [-0.15, -0.1) is 0 Å². The highest BCUT2D eigenvalue weighted by Crippen LogP contribution is 2.61. The van der Waals surface area contributed by atoms with Gasteiger partial charge >= 0.3 is 0 Å². The van der Waals surface area contributed by atoms with Crippen LogP contribution in [0.1, 0.15) is 33.1 Å². The molecule has 3 heteroatoms. The smallest absolute Gasteiger partial charge is 0.163 e. The number of hydrogen-bond acceptors (Lipinski definition) is 3. The van der Waals surface area contributed by atoms with Crippen LogP contribution in [0.3, 0.4) is 0 Å². The van der Waals surface area contributed by atoms with Gasteiger partial charge in [0, 0.05) is 23.7 Å². The molecule has 1 heterocycles. The van der Waals surface area contributed by atoms with Crippen molar-refractivity contribution in [3.63, 3.8) is 0 Å². The van der Waals surface area contributed by atoms with E-state index >= 15 is 0 Å². The molecule has 1 saturated heterocycles. The fourth-order valence-electron chi connectivity index (χ4n) is 4.39. The highest BCUT2D eigenvalue weighted by atomic mass is 16.8. The standard InChI is InChI=1S/C14H18O3/c1-13(2)16-11-8-3-5-14(12(11)17-13)6-4-10(15)9(14)7-8/h3,5,8-9,11-12H,4,6-7H2,1-2H3/t8-,9-,11-,12-,14-/m0/s1. The van der Waals surface area contributed by atoms with E-state index in [1.165, 1.54) is 0 Å². The van der Waals surface area contributed by atoms with Crippen LogP contribution in [0.15, 0.2) is 12.2 Å². The summed E-state index contributed by atoms with van der Waals surface area (Å²) in [5.74, 6) is 0.505. The van der Waals surface area contributed by atoms with Crippen molar-refractivity contribution in [1.29, 1.82) is 0 Å². The summed E-state index contributed by atoms with van der Waals surface area (Å²) in [7, 11) is 0. The highest BCUT2D eigenvalue weighted by molar-refractivity contribution is 5.85. The second-order valence-electron chi connectivity index (χ2n) is 6.41. The Hall–Kier alpha value is -0.670. The van der Waals surface area contributed by atoms with Gasteiger partial charge in [-0.3, -0.25) is 4.79 Å². The van der Waals surface area contributed by atoms with Crippen LogP contribution in [0.2, 0.25) is 0 Å². The minimum Gasteiger partial charge on any atom is -0.344 e. The number of Topliss-reactive ketones (excluding diaryl/α,β-unsaturated/α-hetero) is 1. The first kappa shape index (κ1) is 10.3. The second-order valence-corrected chi connectivity index (χ2v) is 6.41. The van der Waals surface area contributed by atoms with Crippen LogP contribution >= 0.6 is 0 Å². The Morgan fingerprint density at radius 2 is 2.18 bits per heavy atom. The van der Waals surface area contributed by atoms with Crippen molar-refractivity contribution in [2.75, 3.05) is 0 Å². The summed E-state index contributed by atoms with van der Waals surface area (Å²) in [4.78, 5) is 12.0. The molecule has 3 fully saturated rings. The van der Waals surface area contributed by atoms with Crippen molar-refractivity contribution in [2.45, 2.75) is 51.1 Å². The summed E-state index contributed by atoms with van der Waals surface area (Å²) in [5, 5.41) is 0. The van der Waals surface area contributed by atoms with E-state index in [1.807, 2.05) is 13.8 Å². The molecule has 0 aromatic heterocycles. The molecule has 1 aliphatic heterocycles. The number of rotatable bonds is 0. The van der Waals surface area contributed by atoms with E-state index in [1.54, 1.807) is 0 Å². The van der Waals surface area contributed by atoms with Crippen LogP contribution in [-0.2, 0) is 14.3 Å². The minimum atomic E-state index is -0.493. The van der Waals surface area contributed by atoms with Crippen molar-refractivity contribution < 1.29 is 14.3 Å². The molecule has 0 unspecified atom stereocenters. The molecule has 1 spiro atoms. The molecular formula is C14H18O3. The number of hydrogen-bond donors (Lipinski definition) is 0. The lowest BCUT2D eigenvalue weighted by Gasteiger charge is -2.49. The van der Waals surface area contributed by atoms with Gasteiger partial charge in [-0.05, 0) is 26.7 Å². The predicted molar refractivity (Wildman–Crippen MR) is 61.2 cm³/mol. The van der Waals surface area contributed by atoms with Crippen molar-refractivity contribution in [3.8, 4) is 0 Å². The van der Waals surface area contributed by atoms with Gasteiger partial charge in [0.25, 0.3) is 0 Å². The van der Waals surface area contributed by atoms with Gasteiger partial charge in [-0.2, -0.15) is 0 Å². The summed E-state index contributed by atoms with van der Waals surface area (Å²) in [5.41, 5.74) is -0.0513. The van der Waals surface area contributed by atoms with Crippen LogP contribution in [0.4, 0.5) is 0 Å². The molecule has 0 aromatic rings. The van der Waals surface area contributed by atoms with Crippen LogP contribution in [0.5, 0.6) is 0 Å². The second kappa shape index (κ2) is 2.83. The fourth-order valence-corrected chi connectivity index (χ4v) is 4.39. The summed E-state index contributed by atoms with van der Waals surface area (Å²) < 4.78 is 12.2. The van der Waals surface area contributed by atoms with Crippen LogP contribution in [0, 0.1) is 17.3 Å². The number of carbonyl (C=O) groups is 1.